The number of carbonyl (C=O) groups is 4. The Bertz CT molecular complexity index is 2990. The third-order valence-corrected chi connectivity index (χ3v) is 11.7. The lowest BCUT2D eigenvalue weighted by Gasteiger charge is -2.38. The maximum Gasteiger partial charge on any atom is 0.410 e. The fourth-order valence-corrected chi connectivity index (χ4v) is 8.19. The van der Waals surface area contributed by atoms with Gasteiger partial charge in [-0.05, 0) is 60.7 Å². The number of nitrogens with two attached hydrogens (primary N) is 1. The van der Waals surface area contributed by atoms with Gasteiger partial charge in [0, 0.05) is 68.8 Å². The average Bonchev–Trinajstić information content (AvgIpc) is 4.02. The molecule has 1 fully saturated rings. The lowest BCUT2D eigenvalue weighted by Crippen LogP contribution is -2.58. The predicted octanol–water partition coefficient (Wildman–Crippen LogP) is 3.29. The van der Waals surface area contributed by atoms with Crippen LogP contribution < -0.4 is 31.5 Å². The van der Waals surface area contributed by atoms with Crippen molar-refractivity contribution in [3.8, 4) is 40.1 Å². The summed E-state index contributed by atoms with van der Waals surface area (Å²) in [6.45, 7) is 7.85. The Morgan fingerprint density at radius 1 is 1.00 bits per heavy atom. The highest BCUT2D eigenvalue weighted by Gasteiger charge is 2.35. The summed E-state index contributed by atoms with van der Waals surface area (Å²) in [5, 5.41) is 46.7. The summed E-state index contributed by atoms with van der Waals surface area (Å²) in [5.41, 5.74) is 8.21. The maximum absolute atomic E-state index is 13.3. The fraction of sp³-hybridized carbons (Fsp3) is 0.348. The van der Waals surface area contributed by atoms with Gasteiger partial charge in [-0.1, -0.05) is 26.0 Å². The molecule has 8 rings (SSSR count). The van der Waals surface area contributed by atoms with Gasteiger partial charge in [0.25, 0.3) is 11.8 Å². The minimum Gasteiger partial charge on any atom is -0.508 e. The molecule has 7 N–H and O–H groups in total. The molecule has 0 aliphatic carbocycles. The van der Waals surface area contributed by atoms with Crippen LogP contribution in [0.1, 0.15) is 65.2 Å². The number of nitrogens with zero attached hydrogens (tertiary/aromatic N) is 10. The van der Waals surface area contributed by atoms with Crippen molar-refractivity contribution in [3.05, 3.63) is 89.1 Å². The van der Waals surface area contributed by atoms with E-state index in [-0.39, 0.29) is 84.6 Å². The SMILES string of the molecule is CCNC(=O)c1nnc(-c2cc(C(C)C)c(O)cc2O)n1-c1ccc(COC(=O)N2CCN(CCCOc3ccc4c5n(c(=NC(=O)c6cnc(N)nc6)nc4c3OC)CCN5)C(C(=O)O)C2)cc1. The first kappa shape index (κ1) is 47.2. The molecule has 6 aromatic rings. The van der Waals surface area contributed by atoms with Crippen LogP contribution in [0.5, 0.6) is 23.0 Å². The van der Waals surface area contributed by atoms with Gasteiger partial charge < -0.3 is 50.8 Å². The number of aromatic nitrogens is 7. The van der Waals surface area contributed by atoms with Crippen LogP contribution in [-0.4, -0.2) is 142 Å². The van der Waals surface area contributed by atoms with Crippen LogP contribution in [0.25, 0.3) is 28.0 Å². The van der Waals surface area contributed by atoms with Crippen molar-refractivity contribution in [3.63, 3.8) is 0 Å². The number of phenolic OH excluding ortho intramolecular Hbond substituents is 2. The van der Waals surface area contributed by atoms with E-state index in [1.165, 1.54) is 35.0 Å². The van der Waals surface area contributed by atoms with Gasteiger partial charge in [0.05, 0.1) is 31.4 Å². The van der Waals surface area contributed by atoms with Gasteiger partial charge in [-0.3, -0.25) is 28.4 Å². The largest absolute Gasteiger partial charge is 0.508 e. The molecule has 3 aromatic heterocycles. The van der Waals surface area contributed by atoms with Gasteiger partial charge in [0.1, 0.15) is 35.5 Å². The summed E-state index contributed by atoms with van der Waals surface area (Å²) in [6.07, 6.45) is 2.36. The van der Waals surface area contributed by atoms with Crippen molar-refractivity contribution in [2.24, 2.45) is 4.99 Å². The van der Waals surface area contributed by atoms with Gasteiger partial charge in [0.15, 0.2) is 17.3 Å². The van der Waals surface area contributed by atoms with Crippen molar-refractivity contribution in [1.82, 2.24) is 49.4 Å². The molecule has 5 heterocycles. The lowest BCUT2D eigenvalue weighted by molar-refractivity contribution is -0.145. The number of hydrogen-bond donors (Lipinski definition) is 6. The number of ether oxygens (including phenoxy) is 3. The number of amides is 3. The molecule has 360 valence electrons. The van der Waals surface area contributed by atoms with Crippen LogP contribution in [0.15, 0.2) is 65.9 Å². The van der Waals surface area contributed by atoms with E-state index in [2.05, 4.69) is 35.8 Å². The number of carboxylic acid groups (broad SMARTS) is 1. The first-order valence-corrected chi connectivity index (χ1v) is 22.2. The minimum atomic E-state index is -1.09. The molecule has 0 bridgehead atoms. The van der Waals surface area contributed by atoms with E-state index < -0.39 is 29.9 Å². The molecule has 69 heavy (non-hydrogen) atoms. The van der Waals surface area contributed by atoms with E-state index >= 15 is 0 Å². The molecular formula is C46H51N13O10. The van der Waals surface area contributed by atoms with Crippen molar-refractivity contribution in [1.29, 1.82) is 0 Å². The number of benzene rings is 3. The molecule has 1 atom stereocenters. The molecule has 3 amide bonds. The molecule has 2 aliphatic heterocycles. The van der Waals surface area contributed by atoms with Gasteiger partial charge >= 0.3 is 12.1 Å². The van der Waals surface area contributed by atoms with E-state index in [4.69, 9.17) is 24.9 Å². The highest BCUT2D eigenvalue weighted by Crippen LogP contribution is 2.39. The Balaban J connectivity index is 0.889. The quantitative estimate of drug-likeness (QED) is 0.0805. The highest BCUT2D eigenvalue weighted by atomic mass is 16.6. The molecular weight excluding hydrogens is 895 g/mol. The molecule has 0 spiro atoms. The second-order valence-electron chi connectivity index (χ2n) is 16.5. The zero-order chi connectivity index (χ0) is 48.9. The van der Waals surface area contributed by atoms with Gasteiger partial charge in [-0.15, -0.1) is 10.2 Å². The number of nitrogens with one attached hydrogen (secondary N) is 2. The van der Waals surface area contributed by atoms with Crippen LogP contribution in [0, 0.1) is 0 Å². The zero-order valence-electron chi connectivity index (χ0n) is 38.2. The lowest BCUT2D eigenvalue weighted by atomic mass is 9.98. The van der Waals surface area contributed by atoms with Crippen LogP contribution in [0.4, 0.5) is 16.6 Å². The summed E-state index contributed by atoms with van der Waals surface area (Å²) >= 11 is 0. The van der Waals surface area contributed by atoms with Crippen molar-refractivity contribution >= 4 is 46.5 Å². The van der Waals surface area contributed by atoms with Gasteiger partial charge in [-0.2, -0.15) is 4.99 Å². The number of piperazine rings is 1. The number of phenols is 2. The standard InChI is InChI=1S/C46H51N13O10/c1-5-48-42(63)40-55-54-39(31-19-30(25(2)3)33(60)20-34(31)61)59(40)28-9-7-26(8-10-28)24-69-46(66)57-17-16-56(32(23-57)43(64)65)14-6-18-68-35-12-11-29-36(37(35)67-4)52-45(58-15-13-49-38(29)58)53-41(62)27-21-50-44(47)51-22-27/h7-12,19-22,25,32,49,60-61H,5-6,13-18,23-24H2,1-4H3,(H,48,63)(H,64,65)(H2,47,50,51). The monoisotopic (exact) mass is 945 g/mol. The number of aliphatic carboxylic acids is 1. The van der Waals surface area contributed by atoms with Crippen LogP contribution in [0.3, 0.4) is 0 Å². The molecule has 3 aromatic carbocycles. The Hall–Kier alpha value is -8.34. The van der Waals surface area contributed by atoms with E-state index in [0.29, 0.717) is 72.2 Å². The number of nitrogen functional groups attached to an aromatic ring is 1. The van der Waals surface area contributed by atoms with E-state index in [1.54, 1.807) is 52.8 Å². The first-order valence-electron chi connectivity index (χ1n) is 22.2. The third-order valence-electron chi connectivity index (χ3n) is 11.7. The molecule has 23 nitrogen and oxygen atoms in total. The Morgan fingerprint density at radius 3 is 2.48 bits per heavy atom. The normalized spacial score (nSPS) is 14.9. The van der Waals surface area contributed by atoms with E-state index in [0.717, 1.165) is 5.39 Å². The smallest absolute Gasteiger partial charge is 0.410 e. The number of methoxy groups -OCH3 is 1. The number of fused-ring (bicyclic) bond motifs is 3. The molecule has 0 radical (unpaired) electrons. The Kier molecular flexibility index (Phi) is 13.8. The number of carboxylic acids is 1. The second-order valence-corrected chi connectivity index (χ2v) is 16.5. The summed E-state index contributed by atoms with van der Waals surface area (Å²) in [7, 11) is 1.49. The van der Waals surface area contributed by atoms with E-state index in [1.807, 2.05) is 19.9 Å². The molecule has 2 aliphatic rings. The molecule has 1 saturated heterocycles. The second kappa shape index (κ2) is 20.3. The molecule has 23 heteroatoms. The van der Waals surface area contributed by atoms with Crippen molar-refractivity contribution in [2.75, 3.05) is 64.0 Å². The van der Waals surface area contributed by atoms with Crippen LogP contribution in [0.2, 0.25) is 0 Å². The third kappa shape index (κ3) is 9.88. The Labute approximate surface area is 394 Å². The van der Waals surface area contributed by atoms with Crippen LogP contribution in [-0.2, 0) is 22.7 Å². The highest BCUT2D eigenvalue weighted by molar-refractivity contribution is 5.97. The number of aromatic hydroxyl groups is 2. The summed E-state index contributed by atoms with van der Waals surface area (Å²) in [6, 6.07) is 12.2. The Morgan fingerprint density at radius 2 is 1.77 bits per heavy atom. The van der Waals surface area contributed by atoms with Gasteiger partial charge in [0.2, 0.25) is 17.4 Å². The summed E-state index contributed by atoms with van der Waals surface area (Å²) < 4.78 is 20.9. The number of hydrogen-bond acceptors (Lipinski definition) is 17. The summed E-state index contributed by atoms with van der Waals surface area (Å²) in [4.78, 5) is 71.8. The first-order chi connectivity index (χ1) is 33.3. The van der Waals surface area contributed by atoms with Crippen LogP contribution >= 0.6 is 0 Å². The number of anilines is 2. The minimum absolute atomic E-state index is 0.0296. The zero-order valence-corrected chi connectivity index (χ0v) is 38.2. The fourth-order valence-electron chi connectivity index (χ4n) is 8.19. The topological polar surface area (TPSA) is 300 Å². The summed E-state index contributed by atoms with van der Waals surface area (Å²) in [5.74, 6) is -0.975. The molecule has 0 saturated carbocycles. The van der Waals surface area contributed by atoms with Crippen molar-refractivity contribution < 1.29 is 48.7 Å². The number of carbonyl (C=O) groups excluding carboxylic acids is 3. The maximum atomic E-state index is 13.3. The predicted molar refractivity (Wildman–Crippen MR) is 248 cm³/mol. The van der Waals surface area contributed by atoms with Crippen molar-refractivity contribution in [2.45, 2.75) is 52.3 Å². The molecule has 1 unspecified atom stereocenters. The number of rotatable bonds is 15. The van der Waals surface area contributed by atoms with Gasteiger partial charge in [-0.25, -0.2) is 19.7 Å². The van der Waals surface area contributed by atoms with E-state index in [9.17, 15) is 34.5 Å². The average molecular weight is 946 g/mol.